The predicted octanol–water partition coefficient (Wildman–Crippen LogP) is 3.64. The van der Waals surface area contributed by atoms with Crippen molar-refractivity contribution >= 4 is 11.8 Å². The lowest BCUT2D eigenvalue weighted by Gasteiger charge is -2.14. The molecular formula is C14H17NOS. The van der Waals surface area contributed by atoms with Gasteiger partial charge in [0.1, 0.15) is 0 Å². The van der Waals surface area contributed by atoms with Crippen LogP contribution in [0.4, 0.5) is 0 Å². The van der Waals surface area contributed by atoms with Gasteiger partial charge in [-0.05, 0) is 31.7 Å². The van der Waals surface area contributed by atoms with Crippen molar-refractivity contribution in [3.05, 3.63) is 54.0 Å². The Morgan fingerprint density at radius 1 is 1.29 bits per heavy atom. The summed E-state index contributed by atoms with van der Waals surface area (Å²) in [6.07, 6.45) is 3.53. The number of benzene rings is 1. The van der Waals surface area contributed by atoms with Crippen LogP contribution >= 0.6 is 11.8 Å². The van der Waals surface area contributed by atoms with Gasteiger partial charge in [0.15, 0.2) is 0 Å². The van der Waals surface area contributed by atoms with E-state index >= 15 is 0 Å². The molecule has 2 aromatic rings. The smallest absolute Gasteiger partial charge is 0.0950 e. The van der Waals surface area contributed by atoms with Gasteiger partial charge in [0, 0.05) is 22.3 Å². The number of hydrogen-bond acceptors (Lipinski definition) is 3. The molecule has 1 aromatic carbocycles. The molecule has 2 rings (SSSR count). The van der Waals surface area contributed by atoms with E-state index in [-0.39, 0.29) is 0 Å². The van der Waals surface area contributed by atoms with Crippen molar-refractivity contribution in [1.82, 2.24) is 5.32 Å². The highest BCUT2D eigenvalue weighted by Crippen LogP contribution is 2.27. The van der Waals surface area contributed by atoms with Gasteiger partial charge in [-0.1, -0.05) is 18.2 Å². The fraction of sp³-hybridized carbons (Fsp3) is 0.286. The van der Waals surface area contributed by atoms with Crippen molar-refractivity contribution in [3.8, 4) is 0 Å². The Balaban J connectivity index is 2.00. The third kappa shape index (κ3) is 3.14. The lowest BCUT2D eigenvalue weighted by molar-refractivity contribution is 0.555. The van der Waals surface area contributed by atoms with E-state index < -0.39 is 0 Å². The van der Waals surface area contributed by atoms with Crippen LogP contribution in [-0.4, -0.2) is 12.8 Å². The molecular weight excluding hydrogens is 230 g/mol. The normalized spacial score (nSPS) is 12.6. The zero-order valence-electron chi connectivity index (χ0n) is 10.1. The van der Waals surface area contributed by atoms with Gasteiger partial charge in [-0.2, -0.15) is 0 Å². The first-order chi connectivity index (χ1) is 8.31. The van der Waals surface area contributed by atoms with E-state index in [0.29, 0.717) is 6.04 Å². The average Bonchev–Trinajstić information content (AvgIpc) is 2.86. The Labute approximate surface area is 106 Å². The van der Waals surface area contributed by atoms with Crippen LogP contribution in [0.5, 0.6) is 0 Å². The van der Waals surface area contributed by atoms with Crippen LogP contribution in [0, 0.1) is 6.92 Å². The Morgan fingerprint density at radius 2 is 2.12 bits per heavy atom. The maximum atomic E-state index is 5.12. The van der Waals surface area contributed by atoms with Gasteiger partial charge in [-0.15, -0.1) is 11.8 Å². The molecule has 0 spiro atoms. The Morgan fingerprint density at radius 3 is 2.76 bits per heavy atom. The summed E-state index contributed by atoms with van der Waals surface area (Å²) in [5.41, 5.74) is 2.54. The summed E-state index contributed by atoms with van der Waals surface area (Å²) in [6, 6.07) is 10.8. The summed E-state index contributed by atoms with van der Waals surface area (Å²) in [6.45, 7) is 2.15. The van der Waals surface area contributed by atoms with Crippen LogP contribution < -0.4 is 5.32 Å². The largest absolute Gasteiger partial charge is 0.472 e. The SMILES string of the molecule is CNC(CSc1ccccc1C)c1ccoc1. The highest BCUT2D eigenvalue weighted by molar-refractivity contribution is 7.99. The second-order valence-electron chi connectivity index (χ2n) is 3.97. The van der Waals surface area contributed by atoms with E-state index in [0.717, 1.165) is 5.75 Å². The standard InChI is InChI=1S/C14H17NOS/c1-11-5-3-4-6-14(11)17-10-13(15-2)12-7-8-16-9-12/h3-9,13,15H,10H2,1-2H3. The van der Waals surface area contributed by atoms with Crippen molar-refractivity contribution in [3.63, 3.8) is 0 Å². The van der Waals surface area contributed by atoms with Gasteiger partial charge >= 0.3 is 0 Å². The first-order valence-electron chi connectivity index (χ1n) is 5.69. The molecule has 0 radical (unpaired) electrons. The summed E-state index contributed by atoms with van der Waals surface area (Å²) >= 11 is 1.87. The quantitative estimate of drug-likeness (QED) is 0.817. The van der Waals surface area contributed by atoms with E-state index in [1.807, 2.05) is 24.9 Å². The van der Waals surface area contributed by atoms with Crippen LogP contribution in [0.25, 0.3) is 0 Å². The summed E-state index contributed by atoms with van der Waals surface area (Å²) in [4.78, 5) is 1.34. The van der Waals surface area contributed by atoms with Crippen LogP contribution in [0.15, 0.2) is 52.2 Å². The van der Waals surface area contributed by atoms with E-state index in [1.54, 1.807) is 12.5 Å². The molecule has 90 valence electrons. The first kappa shape index (κ1) is 12.3. The number of thioether (sulfide) groups is 1. The number of rotatable bonds is 5. The molecule has 0 fully saturated rings. The van der Waals surface area contributed by atoms with E-state index in [9.17, 15) is 0 Å². The Bertz CT molecular complexity index is 453. The van der Waals surface area contributed by atoms with Gasteiger partial charge in [0.05, 0.1) is 12.5 Å². The van der Waals surface area contributed by atoms with Crippen molar-refractivity contribution < 1.29 is 4.42 Å². The molecule has 1 N–H and O–H groups in total. The third-order valence-corrected chi connectivity index (χ3v) is 4.06. The molecule has 2 nitrogen and oxygen atoms in total. The average molecular weight is 247 g/mol. The molecule has 0 saturated carbocycles. The molecule has 0 aliphatic carbocycles. The Hall–Kier alpha value is -1.19. The monoisotopic (exact) mass is 247 g/mol. The number of aryl methyl sites for hydroxylation is 1. The van der Waals surface area contributed by atoms with E-state index in [1.165, 1.54) is 16.0 Å². The zero-order chi connectivity index (χ0) is 12.1. The maximum absolute atomic E-state index is 5.12. The predicted molar refractivity (Wildman–Crippen MR) is 72.4 cm³/mol. The van der Waals surface area contributed by atoms with E-state index in [4.69, 9.17) is 4.42 Å². The first-order valence-corrected chi connectivity index (χ1v) is 6.67. The van der Waals surface area contributed by atoms with Crippen LogP contribution in [0.3, 0.4) is 0 Å². The Kier molecular flexibility index (Phi) is 4.29. The van der Waals surface area contributed by atoms with Gasteiger partial charge in [0.2, 0.25) is 0 Å². The minimum Gasteiger partial charge on any atom is -0.472 e. The number of hydrogen-bond donors (Lipinski definition) is 1. The van der Waals surface area contributed by atoms with Crippen LogP contribution in [0.2, 0.25) is 0 Å². The topological polar surface area (TPSA) is 25.2 Å². The molecule has 0 bridgehead atoms. The molecule has 0 aliphatic heterocycles. The molecule has 1 atom stereocenters. The third-order valence-electron chi connectivity index (χ3n) is 2.79. The fourth-order valence-corrected chi connectivity index (χ4v) is 2.89. The molecule has 1 heterocycles. The van der Waals surface area contributed by atoms with Gasteiger partial charge in [-0.3, -0.25) is 0 Å². The summed E-state index contributed by atoms with van der Waals surface area (Å²) in [5.74, 6) is 1.00. The zero-order valence-corrected chi connectivity index (χ0v) is 11.0. The summed E-state index contributed by atoms with van der Waals surface area (Å²) < 4.78 is 5.12. The molecule has 1 aromatic heterocycles. The highest BCUT2D eigenvalue weighted by Gasteiger charge is 2.11. The van der Waals surface area contributed by atoms with Crippen molar-refractivity contribution in [2.24, 2.45) is 0 Å². The van der Waals surface area contributed by atoms with Crippen molar-refractivity contribution in [1.29, 1.82) is 0 Å². The van der Waals surface area contributed by atoms with Gasteiger partial charge in [-0.25, -0.2) is 0 Å². The van der Waals surface area contributed by atoms with Gasteiger partial charge in [0.25, 0.3) is 0 Å². The van der Waals surface area contributed by atoms with Crippen LogP contribution in [-0.2, 0) is 0 Å². The molecule has 0 aliphatic rings. The minimum absolute atomic E-state index is 0.332. The second kappa shape index (κ2) is 5.94. The van der Waals surface area contributed by atoms with E-state index in [2.05, 4.69) is 36.5 Å². The minimum atomic E-state index is 0.332. The summed E-state index contributed by atoms with van der Waals surface area (Å²) in [7, 11) is 1.98. The number of furan rings is 1. The van der Waals surface area contributed by atoms with Crippen molar-refractivity contribution in [2.45, 2.75) is 17.9 Å². The number of nitrogens with one attached hydrogen (secondary N) is 1. The lowest BCUT2D eigenvalue weighted by atomic mass is 10.2. The van der Waals surface area contributed by atoms with Gasteiger partial charge < -0.3 is 9.73 Å². The van der Waals surface area contributed by atoms with Crippen LogP contribution in [0.1, 0.15) is 17.2 Å². The highest BCUT2D eigenvalue weighted by atomic mass is 32.2. The summed E-state index contributed by atoms with van der Waals surface area (Å²) in [5, 5.41) is 3.31. The molecule has 0 saturated heterocycles. The molecule has 3 heteroatoms. The molecule has 0 amide bonds. The second-order valence-corrected chi connectivity index (χ2v) is 5.04. The lowest BCUT2D eigenvalue weighted by Crippen LogP contribution is -2.18. The van der Waals surface area contributed by atoms with Crippen molar-refractivity contribution in [2.75, 3.05) is 12.8 Å². The maximum Gasteiger partial charge on any atom is 0.0950 e. The molecule has 17 heavy (non-hydrogen) atoms. The fourth-order valence-electron chi connectivity index (χ4n) is 1.71. The molecule has 1 unspecified atom stereocenters.